The molecule has 26 heavy (non-hydrogen) atoms. The molecule has 1 N–H and O–H groups in total. The maximum Gasteiger partial charge on any atom is 0.417 e. The summed E-state index contributed by atoms with van der Waals surface area (Å²) in [5.74, 6) is 0. The van der Waals surface area contributed by atoms with Crippen molar-refractivity contribution < 1.29 is 21.6 Å². The second-order valence-electron chi connectivity index (χ2n) is 5.53. The molecular weight excluding hydrogens is 387 g/mol. The maximum absolute atomic E-state index is 12.6. The molecule has 5 nitrogen and oxygen atoms in total. The molecule has 1 atom stereocenters. The van der Waals surface area contributed by atoms with Gasteiger partial charge in [-0.05, 0) is 47.6 Å². The molecule has 0 spiro atoms. The second-order valence-corrected chi connectivity index (χ2v) is 8.02. The minimum absolute atomic E-state index is 0.101. The fourth-order valence-electron chi connectivity index (χ4n) is 2.56. The first-order valence-corrected chi connectivity index (χ1v) is 10.4. The molecule has 0 radical (unpaired) electrons. The molecule has 0 amide bonds. The lowest BCUT2D eigenvalue weighted by atomic mass is 10.1. The van der Waals surface area contributed by atoms with Crippen LogP contribution in [-0.4, -0.2) is 37.9 Å². The van der Waals surface area contributed by atoms with E-state index in [0.29, 0.717) is 12.3 Å². The van der Waals surface area contributed by atoms with Crippen molar-refractivity contribution in [2.24, 2.45) is 0 Å². The fourth-order valence-corrected chi connectivity index (χ4v) is 4.23. The first-order chi connectivity index (χ1) is 12.2. The minimum Gasteiger partial charge on any atom is -0.296 e. The molecule has 10 heteroatoms. The lowest BCUT2D eigenvalue weighted by Gasteiger charge is -2.29. The number of alkyl halides is 3. The quantitative estimate of drug-likeness (QED) is 0.727. The van der Waals surface area contributed by atoms with Gasteiger partial charge in [0.05, 0.1) is 5.56 Å². The number of aromatic nitrogens is 1. The van der Waals surface area contributed by atoms with Gasteiger partial charge in [-0.3, -0.25) is 4.90 Å². The number of thiophene rings is 1. The summed E-state index contributed by atoms with van der Waals surface area (Å²) in [7, 11) is -4.01. The topological polar surface area (TPSA) is 62.3 Å². The third-order valence-corrected chi connectivity index (χ3v) is 6.03. The van der Waals surface area contributed by atoms with Gasteiger partial charge in [0, 0.05) is 18.8 Å². The van der Waals surface area contributed by atoms with E-state index in [1.54, 1.807) is 0 Å². The van der Waals surface area contributed by atoms with E-state index in [-0.39, 0.29) is 12.6 Å². The molecule has 0 fully saturated rings. The summed E-state index contributed by atoms with van der Waals surface area (Å²) in [6.07, 6.45) is -4.04. The highest BCUT2D eigenvalue weighted by atomic mass is 32.2. The zero-order valence-electron chi connectivity index (χ0n) is 14.3. The number of hydrogen-bond donors (Lipinski definition) is 1. The normalized spacial score (nSPS) is 13.9. The van der Waals surface area contributed by atoms with Gasteiger partial charge in [0.1, 0.15) is 0 Å². The molecule has 2 heterocycles. The molecule has 2 aromatic heterocycles. The van der Waals surface area contributed by atoms with E-state index in [1.165, 1.54) is 11.3 Å². The van der Waals surface area contributed by atoms with Gasteiger partial charge in [0.2, 0.25) is 0 Å². The molecule has 0 aliphatic heterocycles. The highest BCUT2D eigenvalue weighted by Gasteiger charge is 2.31. The van der Waals surface area contributed by atoms with E-state index in [9.17, 15) is 21.6 Å². The Morgan fingerprint density at radius 1 is 1.23 bits per heavy atom. The van der Waals surface area contributed by atoms with Crippen molar-refractivity contribution in [3.8, 4) is 0 Å². The van der Waals surface area contributed by atoms with Crippen LogP contribution in [0.2, 0.25) is 0 Å². The van der Waals surface area contributed by atoms with E-state index >= 15 is 0 Å². The number of nitrogens with one attached hydrogen (secondary N) is 1. The largest absolute Gasteiger partial charge is 0.417 e. The third kappa shape index (κ3) is 5.03. The van der Waals surface area contributed by atoms with Crippen LogP contribution >= 0.6 is 11.3 Å². The Kier molecular flexibility index (Phi) is 6.78. The number of sulfonamides is 1. The van der Waals surface area contributed by atoms with Gasteiger partial charge in [0.25, 0.3) is 10.0 Å². The Labute approximate surface area is 154 Å². The van der Waals surface area contributed by atoms with Gasteiger partial charge < -0.3 is 0 Å². The highest BCUT2D eigenvalue weighted by molar-refractivity contribution is 7.89. The Morgan fingerprint density at radius 2 is 1.92 bits per heavy atom. The van der Waals surface area contributed by atoms with Gasteiger partial charge in [-0.15, -0.1) is 0 Å². The Hall–Kier alpha value is -1.49. The molecular formula is C16H20F3N3O2S2. The molecule has 2 aromatic rings. The molecule has 0 bridgehead atoms. The average Bonchev–Trinajstić information content (AvgIpc) is 3.12. The predicted molar refractivity (Wildman–Crippen MR) is 94.4 cm³/mol. The van der Waals surface area contributed by atoms with Gasteiger partial charge in [0.15, 0.2) is 5.03 Å². The van der Waals surface area contributed by atoms with Crippen LogP contribution in [0.25, 0.3) is 0 Å². The van der Waals surface area contributed by atoms with Gasteiger partial charge in [-0.25, -0.2) is 18.1 Å². The number of nitrogens with zero attached hydrogens (tertiary/aromatic N) is 2. The van der Waals surface area contributed by atoms with E-state index in [0.717, 1.165) is 24.7 Å². The zero-order valence-corrected chi connectivity index (χ0v) is 16.0. The number of halogens is 3. The molecule has 0 aliphatic carbocycles. The second kappa shape index (κ2) is 8.47. The van der Waals surface area contributed by atoms with E-state index < -0.39 is 26.8 Å². The molecule has 0 saturated carbocycles. The van der Waals surface area contributed by atoms with Crippen molar-refractivity contribution in [3.63, 3.8) is 0 Å². The number of hydrogen-bond acceptors (Lipinski definition) is 5. The van der Waals surface area contributed by atoms with Crippen LogP contribution in [0.5, 0.6) is 0 Å². The van der Waals surface area contributed by atoms with Gasteiger partial charge in [-0.2, -0.15) is 24.5 Å². The zero-order chi connectivity index (χ0) is 19.4. The summed E-state index contributed by atoms with van der Waals surface area (Å²) in [4.78, 5) is 5.56. The predicted octanol–water partition coefficient (Wildman–Crippen LogP) is 3.52. The Morgan fingerprint density at radius 3 is 2.38 bits per heavy atom. The monoisotopic (exact) mass is 407 g/mol. The van der Waals surface area contributed by atoms with Crippen molar-refractivity contribution in [3.05, 3.63) is 46.3 Å². The molecule has 0 saturated heterocycles. The first-order valence-electron chi connectivity index (χ1n) is 7.98. The number of pyridine rings is 1. The van der Waals surface area contributed by atoms with Crippen molar-refractivity contribution >= 4 is 21.4 Å². The van der Waals surface area contributed by atoms with Crippen LogP contribution in [0.15, 0.2) is 40.2 Å². The maximum atomic E-state index is 12.6. The van der Waals surface area contributed by atoms with E-state index in [1.807, 2.05) is 30.7 Å². The first kappa shape index (κ1) is 20.8. The molecule has 2 rings (SSSR count). The highest BCUT2D eigenvalue weighted by Crippen LogP contribution is 2.29. The van der Waals surface area contributed by atoms with Crippen LogP contribution in [0, 0.1) is 0 Å². The third-order valence-electron chi connectivity index (χ3n) is 3.99. The van der Waals surface area contributed by atoms with Crippen LogP contribution in [0.4, 0.5) is 13.2 Å². The Balaban J connectivity index is 2.17. The standard InChI is InChI=1S/C16H20F3N3O2S2/c1-3-22(4-2)14(12-7-8-25-11-12)10-21-26(23,24)15-6-5-13(9-20-15)16(17,18)19/h5-9,11,14,21H,3-4,10H2,1-2H3. The summed E-state index contributed by atoms with van der Waals surface area (Å²) >= 11 is 1.52. The number of rotatable bonds is 8. The molecule has 0 aromatic carbocycles. The van der Waals surface area contributed by atoms with E-state index in [2.05, 4.69) is 14.6 Å². The van der Waals surface area contributed by atoms with Gasteiger partial charge in [-0.1, -0.05) is 13.8 Å². The van der Waals surface area contributed by atoms with Crippen LogP contribution < -0.4 is 4.72 Å². The van der Waals surface area contributed by atoms with E-state index in [4.69, 9.17) is 0 Å². The van der Waals surface area contributed by atoms with Crippen molar-refractivity contribution in [1.29, 1.82) is 0 Å². The lowest BCUT2D eigenvalue weighted by molar-refractivity contribution is -0.137. The van der Waals surface area contributed by atoms with Crippen molar-refractivity contribution in [2.45, 2.75) is 31.1 Å². The molecule has 144 valence electrons. The average molecular weight is 407 g/mol. The lowest BCUT2D eigenvalue weighted by Crippen LogP contribution is -2.38. The summed E-state index contributed by atoms with van der Waals surface area (Å²) in [5, 5.41) is 3.43. The Bertz CT molecular complexity index is 787. The SMILES string of the molecule is CCN(CC)C(CNS(=O)(=O)c1ccc(C(F)(F)F)cn1)c1ccsc1. The smallest absolute Gasteiger partial charge is 0.296 e. The van der Waals surface area contributed by atoms with Crippen molar-refractivity contribution in [2.75, 3.05) is 19.6 Å². The fraction of sp³-hybridized carbons (Fsp3) is 0.438. The summed E-state index contributed by atoms with van der Waals surface area (Å²) < 4.78 is 65.0. The van der Waals surface area contributed by atoms with Crippen LogP contribution in [0.3, 0.4) is 0 Å². The van der Waals surface area contributed by atoms with Crippen LogP contribution in [-0.2, 0) is 16.2 Å². The molecule has 0 aliphatic rings. The van der Waals surface area contributed by atoms with Crippen molar-refractivity contribution in [1.82, 2.24) is 14.6 Å². The van der Waals surface area contributed by atoms with Gasteiger partial charge >= 0.3 is 6.18 Å². The molecule has 1 unspecified atom stereocenters. The summed E-state index contributed by atoms with van der Waals surface area (Å²) in [6, 6.07) is 3.34. The number of likely N-dealkylation sites (N-methyl/N-ethyl adjacent to an activating group) is 1. The minimum atomic E-state index is -4.56. The summed E-state index contributed by atoms with van der Waals surface area (Å²) in [5.41, 5.74) is -0.00230. The summed E-state index contributed by atoms with van der Waals surface area (Å²) in [6.45, 7) is 5.53. The van der Waals surface area contributed by atoms with Crippen LogP contribution in [0.1, 0.15) is 31.0 Å².